The zero-order valence-electron chi connectivity index (χ0n) is 14.4. The number of benzene rings is 2. The van der Waals surface area contributed by atoms with E-state index in [0.29, 0.717) is 6.07 Å². The van der Waals surface area contributed by atoms with Crippen molar-refractivity contribution in [2.75, 3.05) is 5.32 Å². The third-order valence-electron chi connectivity index (χ3n) is 3.44. The Balaban J connectivity index is 2.63. The molecule has 0 aromatic heterocycles. The molecule has 152 valence electrons. The van der Waals surface area contributed by atoms with Crippen LogP contribution in [0.3, 0.4) is 0 Å². The number of rotatable bonds is 5. The number of para-hydroxylation sites is 1. The summed E-state index contributed by atoms with van der Waals surface area (Å²) < 4.78 is 44.9. The van der Waals surface area contributed by atoms with Crippen LogP contribution in [0.15, 0.2) is 36.4 Å². The van der Waals surface area contributed by atoms with Gasteiger partial charge in [0, 0.05) is 13.0 Å². The van der Waals surface area contributed by atoms with Crippen molar-refractivity contribution < 1.29 is 37.3 Å². The van der Waals surface area contributed by atoms with Gasteiger partial charge in [0.1, 0.15) is 11.4 Å². The van der Waals surface area contributed by atoms with Gasteiger partial charge in [-0.3, -0.25) is 29.8 Å². The lowest BCUT2D eigenvalue weighted by molar-refractivity contribution is -0.394. The predicted molar refractivity (Wildman–Crippen MR) is 90.5 cm³/mol. The highest BCUT2D eigenvalue weighted by molar-refractivity contribution is 6.08. The standard InChI is InChI=1S/C16H10F3N3O7/c1-8(23)29-13-5-3-2-4-10(13)15(24)20-14-11(16(17,18)19)6-9(21(25)26)7-12(14)22(27)28/h2-7H,1H3,(H,20,24). The molecule has 1 amide bonds. The Morgan fingerprint density at radius 3 is 2.21 bits per heavy atom. The number of non-ortho nitro benzene ring substituents is 1. The molecule has 0 aliphatic heterocycles. The minimum absolute atomic E-state index is 0.0700. The molecule has 2 aromatic carbocycles. The summed E-state index contributed by atoms with van der Waals surface area (Å²) in [4.78, 5) is 43.1. The number of amides is 1. The lowest BCUT2D eigenvalue weighted by Gasteiger charge is -2.15. The van der Waals surface area contributed by atoms with Crippen LogP contribution in [0.25, 0.3) is 0 Å². The summed E-state index contributed by atoms with van der Waals surface area (Å²) in [5.74, 6) is -2.37. The zero-order chi connectivity index (χ0) is 21.9. The van der Waals surface area contributed by atoms with Gasteiger partial charge in [-0.25, -0.2) is 0 Å². The average molecular weight is 413 g/mol. The number of carbonyl (C=O) groups is 2. The second-order valence-electron chi connectivity index (χ2n) is 5.44. The minimum atomic E-state index is -5.26. The first-order chi connectivity index (χ1) is 13.4. The van der Waals surface area contributed by atoms with Crippen LogP contribution in [-0.4, -0.2) is 21.7 Å². The van der Waals surface area contributed by atoms with Crippen LogP contribution in [0.4, 0.5) is 30.2 Å². The summed E-state index contributed by atoms with van der Waals surface area (Å²) in [6.45, 7) is 1.03. The van der Waals surface area contributed by atoms with Gasteiger partial charge in [0.2, 0.25) is 0 Å². The van der Waals surface area contributed by atoms with Crippen molar-refractivity contribution in [1.82, 2.24) is 0 Å². The molecule has 2 rings (SSSR count). The first kappa shape index (κ1) is 21.3. The quantitative estimate of drug-likeness (QED) is 0.341. The summed E-state index contributed by atoms with van der Waals surface area (Å²) in [6.07, 6.45) is -5.26. The van der Waals surface area contributed by atoms with E-state index in [1.807, 2.05) is 0 Å². The lowest BCUT2D eigenvalue weighted by atomic mass is 10.1. The monoisotopic (exact) mass is 413 g/mol. The molecule has 1 N–H and O–H groups in total. The van der Waals surface area contributed by atoms with E-state index in [9.17, 15) is 43.0 Å². The van der Waals surface area contributed by atoms with Crippen LogP contribution in [0.1, 0.15) is 22.8 Å². The molecular formula is C16H10F3N3O7. The number of nitrogens with one attached hydrogen (secondary N) is 1. The number of esters is 1. The Morgan fingerprint density at radius 1 is 1.07 bits per heavy atom. The Morgan fingerprint density at radius 2 is 1.69 bits per heavy atom. The van der Waals surface area contributed by atoms with E-state index >= 15 is 0 Å². The van der Waals surface area contributed by atoms with Crippen molar-refractivity contribution in [1.29, 1.82) is 0 Å². The highest BCUT2D eigenvalue weighted by atomic mass is 19.4. The summed E-state index contributed by atoms with van der Waals surface area (Å²) >= 11 is 0. The summed E-state index contributed by atoms with van der Waals surface area (Å²) in [5.41, 5.74) is -5.96. The Kier molecular flexibility index (Phi) is 5.81. The minimum Gasteiger partial charge on any atom is -0.426 e. The molecule has 0 heterocycles. The van der Waals surface area contributed by atoms with Gasteiger partial charge in [-0.1, -0.05) is 12.1 Å². The van der Waals surface area contributed by atoms with Crippen molar-refractivity contribution >= 4 is 28.9 Å². The average Bonchev–Trinajstić information content (AvgIpc) is 2.60. The number of halogens is 3. The van der Waals surface area contributed by atoms with Crippen molar-refractivity contribution in [3.8, 4) is 5.75 Å². The molecular weight excluding hydrogens is 403 g/mol. The molecule has 0 aliphatic rings. The molecule has 29 heavy (non-hydrogen) atoms. The molecule has 0 bridgehead atoms. The summed E-state index contributed by atoms with van der Waals surface area (Å²) in [5, 5.41) is 23.8. The maximum absolute atomic E-state index is 13.4. The van der Waals surface area contributed by atoms with Crippen molar-refractivity contribution in [3.63, 3.8) is 0 Å². The van der Waals surface area contributed by atoms with Crippen molar-refractivity contribution in [2.24, 2.45) is 0 Å². The molecule has 0 spiro atoms. The molecule has 2 aromatic rings. The highest BCUT2D eigenvalue weighted by Gasteiger charge is 2.40. The molecule has 0 atom stereocenters. The molecule has 0 saturated carbocycles. The molecule has 10 nitrogen and oxygen atoms in total. The molecule has 0 unspecified atom stereocenters. The van der Waals surface area contributed by atoms with Gasteiger partial charge in [-0.15, -0.1) is 0 Å². The third kappa shape index (κ3) is 4.82. The normalized spacial score (nSPS) is 10.9. The SMILES string of the molecule is CC(=O)Oc1ccccc1C(=O)Nc1c([N+](=O)[O-])cc([N+](=O)[O-])cc1C(F)(F)F. The fourth-order valence-electron chi connectivity index (χ4n) is 2.30. The van der Waals surface area contributed by atoms with Crippen LogP contribution < -0.4 is 10.1 Å². The lowest BCUT2D eigenvalue weighted by Crippen LogP contribution is -2.19. The van der Waals surface area contributed by atoms with E-state index < -0.39 is 50.5 Å². The Bertz CT molecular complexity index is 1020. The fourth-order valence-corrected chi connectivity index (χ4v) is 2.30. The summed E-state index contributed by atoms with van der Waals surface area (Å²) in [6, 6.07) is 5.36. The van der Waals surface area contributed by atoms with Gasteiger partial charge in [0.25, 0.3) is 17.3 Å². The van der Waals surface area contributed by atoms with Crippen molar-refractivity contribution in [3.05, 3.63) is 67.8 Å². The van der Waals surface area contributed by atoms with Crippen LogP contribution in [0, 0.1) is 20.2 Å². The third-order valence-corrected chi connectivity index (χ3v) is 3.44. The van der Waals surface area contributed by atoms with Gasteiger partial charge in [0.15, 0.2) is 0 Å². The van der Waals surface area contributed by atoms with Crippen LogP contribution >= 0.6 is 0 Å². The number of ether oxygens (including phenoxy) is 1. The number of anilines is 1. The number of hydrogen-bond acceptors (Lipinski definition) is 7. The maximum atomic E-state index is 13.4. The largest absolute Gasteiger partial charge is 0.426 e. The molecule has 0 aliphatic carbocycles. The zero-order valence-corrected chi connectivity index (χ0v) is 14.4. The van der Waals surface area contributed by atoms with Crippen LogP contribution in [-0.2, 0) is 11.0 Å². The number of nitrogens with zero attached hydrogens (tertiary/aromatic N) is 2. The van der Waals surface area contributed by atoms with E-state index in [4.69, 9.17) is 4.74 Å². The molecule has 0 fully saturated rings. The second-order valence-corrected chi connectivity index (χ2v) is 5.44. The fraction of sp³-hybridized carbons (Fsp3) is 0.125. The van der Waals surface area contributed by atoms with E-state index in [1.54, 1.807) is 5.32 Å². The van der Waals surface area contributed by atoms with E-state index in [0.717, 1.165) is 13.0 Å². The van der Waals surface area contributed by atoms with Gasteiger partial charge in [0.05, 0.1) is 27.0 Å². The smallest absolute Gasteiger partial charge is 0.418 e. The van der Waals surface area contributed by atoms with Crippen LogP contribution in [0.5, 0.6) is 5.75 Å². The number of alkyl halides is 3. The number of nitro benzene ring substituents is 2. The molecule has 0 saturated heterocycles. The summed E-state index contributed by atoms with van der Waals surface area (Å²) in [7, 11) is 0. The van der Waals surface area contributed by atoms with E-state index in [1.165, 1.54) is 18.2 Å². The Hall–Kier alpha value is -4.03. The van der Waals surface area contributed by atoms with E-state index in [2.05, 4.69) is 0 Å². The highest BCUT2D eigenvalue weighted by Crippen LogP contribution is 2.42. The Labute approximate surface area is 159 Å². The number of carbonyl (C=O) groups excluding carboxylic acids is 2. The second kappa shape index (κ2) is 7.92. The number of hydrogen-bond donors (Lipinski definition) is 1. The topological polar surface area (TPSA) is 142 Å². The molecule has 0 radical (unpaired) electrons. The van der Waals surface area contributed by atoms with E-state index in [-0.39, 0.29) is 17.4 Å². The van der Waals surface area contributed by atoms with Gasteiger partial charge in [-0.05, 0) is 12.1 Å². The van der Waals surface area contributed by atoms with Gasteiger partial charge < -0.3 is 10.1 Å². The molecule has 13 heteroatoms. The van der Waals surface area contributed by atoms with Crippen LogP contribution in [0.2, 0.25) is 0 Å². The predicted octanol–water partition coefficient (Wildman–Crippen LogP) is 3.70. The maximum Gasteiger partial charge on any atom is 0.418 e. The first-order valence-corrected chi connectivity index (χ1v) is 7.54. The van der Waals surface area contributed by atoms with Gasteiger partial charge in [-0.2, -0.15) is 13.2 Å². The number of nitro groups is 2. The van der Waals surface area contributed by atoms with Gasteiger partial charge >= 0.3 is 12.1 Å². The van der Waals surface area contributed by atoms with Crippen molar-refractivity contribution in [2.45, 2.75) is 13.1 Å². The first-order valence-electron chi connectivity index (χ1n) is 7.54.